The highest BCUT2D eigenvalue weighted by Gasteiger charge is 2.18. The molecule has 4 nitrogen and oxygen atoms in total. The molecule has 1 aromatic carbocycles. The Balaban J connectivity index is 0.00000289. The largest absolute Gasteiger partial charge is 0.329 e. The van der Waals surface area contributed by atoms with Crippen LogP contribution in [0.15, 0.2) is 17.0 Å². The average molecular weight is 334 g/mol. The minimum atomic E-state index is -3.63. The second-order valence-corrected chi connectivity index (χ2v) is 6.30. The molecule has 0 saturated carbocycles. The van der Waals surface area contributed by atoms with Crippen molar-refractivity contribution in [3.63, 3.8) is 0 Å². The number of rotatable bonds is 4. The second kappa shape index (κ2) is 6.93. The molecular formula is C10H15Cl3N2O2S. The van der Waals surface area contributed by atoms with E-state index >= 15 is 0 Å². The summed E-state index contributed by atoms with van der Waals surface area (Å²) in [5.74, 6) is 0. The van der Waals surface area contributed by atoms with E-state index in [0.717, 1.165) is 0 Å². The maximum absolute atomic E-state index is 11.9. The van der Waals surface area contributed by atoms with E-state index in [9.17, 15) is 8.42 Å². The molecule has 1 atom stereocenters. The zero-order valence-electron chi connectivity index (χ0n) is 9.91. The SMILES string of the molecule is Cc1c(Cl)cc(S(=O)(=O)N[C@@H](C)CN)cc1Cl.Cl. The van der Waals surface area contributed by atoms with Gasteiger partial charge in [-0.05, 0) is 31.5 Å². The quantitative estimate of drug-likeness (QED) is 0.888. The maximum atomic E-state index is 11.9. The molecule has 0 radical (unpaired) electrons. The van der Waals surface area contributed by atoms with Crippen molar-refractivity contribution in [3.05, 3.63) is 27.7 Å². The third-order valence-corrected chi connectivity index (χ3v) is 4.63. The van der Waals surface area contributed by atoms with Gasteiger partial charge in [-0.25, -0.2) is 13.1 Å². The Kier molecular flexibility index (Phi) is 6.92. The van der Waals surface area contributed by atoms with Crippen molar-refractivity contribution < 1.29 is 8.42 Å². The summed E-state index contributed by atoms with van der Waals surface area (Å²) in [6.07, 6.45) is 0. The lowest BCUT2D eigenvalue weighted by Gasteiger charge is -2.13. The summed E-state index contributed by atoms with van der Waals surface area (Å²) < 4.78 is 26.3. The summed E-state index contributed by atoms with van der Waals surface area (Å²) in [4.78, 5) is 0.0402. The molecule has 0 aliphatic heterocycles. The first kappa shape index (κ1) is 18.0. The normalized spacial score (nSPS) is 12.9. The van der Waals surface area contributed by atoms with E-state index in [1.807, 2.05) is 0 Å². The van der Waals surface area contributed by atoms with Gasteiger partial charge >= 0.3 is 0 Å². The highest BCUT2D eigenvalue weighted by molar-refractivity contribution is 7.89. The minimum absolute atomic E-state index is 0. The average Bonchev–Trinajstić information content (AvgIpc) is 2.24. The number of sulfonamides is 1. The van der Waals surface area contributed by atoms with E-state index in [1.165, 1.54) is 12.1 Å². The molecule has 0 fully saturated rings. The molecular weight excluding hydrogens is 319 g/mol. The standard InChI is InChI=1S/C10H14Cl2N2O2S.ClH/c1-6(5-13)14-17(15,16)8-3-9(11)7(2)10(12)4-8;/h3-4,6,14H,5,13H2,1-2H3;1H/t6-;/m0./s1. The van der Waals surface area contributed by atoms with Crippen LogP contribution in [0.2, 0.25) is 10.0 Å². The fourth-order valence-electron chi connectivity index (χ4n) is 1.16. The van der Waals surface area contributed by atoms with Gasteiger partial charge in [-0.2, -0.15) is 0 Å². The third kappa shape index (κ3) is 4.26. The van der Waals surface area contributed by atoms with Crippen molar-refractivity contribution in [2.45, 2.75) is 24.8 Å². The molecule has 1 rings (SSSR count). The predicted octanol–water partition coefficient (Wildman–Crippen LogP) is 2.35. The number of nitrogens with one attached hydrogen (secondary N) is 1. The lowest BCUT2D eigenvalue weighted by atomic mass is 10.2. The molecule has 3 N–H and O–H groups in total. The van der Waals surface area contributed by atoms with E-state index in [-0.39, 0.29) is 29.9 Å². The number of benzene rings is 1. The van der Waals surface area contributed by atoms with Gasteiger partial charge in [0.15, 0.2) is 0 Å². The van der Waals surface area contributed by atoms with Crippen molar-refractivity contribution in [2.24, 2.45) is 5.73 Å². The molecule has 18 heavy (non-hydrogen) atoms. The molecule has 0 saturated heterocycles. The van der Waals surface area contributed by atoms with Crippen molar-refractivity contribution in [2.75, 3.05) is 6.54 Å². The van der Waals surface area contributed by atoms with Gasteiger partial charge in [-0.15, -0.1) is 12.4 Å². The highest BCUT2D eigenvalue weighted by Crippen LogP contribution is 2.27. The van der Waals surface area contributed by atoms with Crippen LogP contribution in [0.25, 0.3) is 0 Å². The molecule has 0 aromatic heterocycles. The van der Waals surface area contributed by atoms with Gasteiger partial charge in [0.2, 0.25) is 10.0 Å². The first-order valence-electron chi connectivity index (χ1n) is 4.96. The first-order valence-corrected chi connectivity index (χ1v) is 7.20. The van der Waals surface area contributed by atoms with E-state index in [0.29, 0.717) is 15.6 Å². The van der Waals surface area contributed by atoms with Gasteiger partial charge in [-0.3, -0.25) is 0 Å². The molecule has 0 bridgehead atoms. The van der Waals surface area contributed by atoms with Crippen LogP contribution in [0.5, 0.6) is 0 Å². The first-order chi connectivity index (χ1) is 7.77. The zero-order valence-corrected chi connectivity index (χ0v) is 13.1. The second-order valence-electron chi connectivity index (χ2n) is 3.77. The van der Waals surface area contributed by atoms with Crippen LogP contribution < -0.4 is 10.5 Å². The Morgan fingerprint density at radius 3 is 2.17 bits per heavy atom. The Labute approximate surface area is 123 Å². The van der Waals surface area contributed by atoms with E-state index < -0.39 is 10.0 Å². The van der Waals surface area contributed by atoms with Gasteiger partial charge in [0.25, 0.3) is 0 Å². The maximum Gasteiger partial charge on any atom is 0.240 e. The number of halogens is 3. The summed E-state index contributed by atoms with van der Waals surface area (Å²) in [5.41, 5.74) is 6.01. The van der Waals surface area contributed by atoms with Crippen LogP contribution in [0, 0.1) is 6.92 Å². The van der Waals surface area contributed by atoms with E-state index in [4.69, 9.17) is 28.9 Å². The molecule has 0 amide bonds. The monoisotopic (exact) mass is 332 g/mol. The Bertz CT molecular complexity index is 497. The van der Waals surface area contributed by atoms with Crippen LogP contribution >= 0.6 is 35.6 Å². The number of nitrogens with two attached hydrogens (primary N) is 1. The third-order valence-electron chi connectivity index (χ3n) is 2.27. The fraction of sp³-hybridized carbons (Fsp3) is 0.400. The van der Waals surface area contributed by atoms with Crippen molar-refractivity contribution in [1.29, 1.82) is 0 Å². The van der Waals surface area contributed by atoms with Gasteiger partial charge in [-0.1, -0.05) is 23.2 Å². The molecule has 8 heteroatoms. The zero-order chi connectivity index (χ0) is 13.2. The number of hydrogen-bond acceptors (Lipinski definition) is 3. The number of hydrogen-bond donors (Lipinski definition) is 2. The van der Waals surface area contributed by atoms with E-state index in [1.54, 1.807) is 13.8 Å². The Morgan fingerprint density at radius 2 is 1.78 bits per heavy atom. The summed E-state index contributed by atoms with van der Waals surface area (Å²) in [6, 6.07) is 2.39. The van der Waals surface area contributed by atoms with Crippen molar-refractivity contribution in [3.8, 4) is 0 Å². The topological polar surface area (TPSA) is 72.2 Å². The Hall–Kier alpha value is -0.0400. The molecule has 0 heterocycles. The van der Waals surface area contributed by atoms with Crippen LogP contribution in [-0.2, 0) is 10.0 Å². The van der Waals surface area contributed by atoms with Crippen LogP contribution in [0.1, 0.15) is 12.5 Å². The molecule has 0 aliphatic rings. The highest BCUT2D eigenvalue weighted by atomic mass is 35.5. The lowest BCUT2D eigenvalue weighted by Crippen LogP contribution is -2.37. The van der Waals surface area contributed by atoms with E-state index in [2.05, 4.69) is 4.72 Å². The smallest absolute Gasteiger partial charge is 0.240 e. The fourth-order valence-corrected chi connectivity index (χ4v) is 3.08. The molecule has 1 aromatic rings. The summed E-state index contributed by atoms with van der Waals surface area (Å²) >= 11 is 11.8. The lowest BCUT2D eigenvalue weighted by molar-refractivity contribution is 0.562. The van der Waals surface area contributed by atoms with Crippen molar-refractivity contribution in [1.82, 2.24) is 4.72 Å². The van der Waals surface area contributed by atoms with Gasteiger partial charge in [0.05, 0.1) is 4.90 Å². The molecule has 0 spiro atoms. The summed E-state index contributed by atoms with van der Waals surface area (Å²) in [5, 5.41) is 0.636. The minimum Gasteiger partial charge on any atom is -0.329 e. The van der Waals surface area contributed by atoms with Crippen LogP contribution in [0.4, 0.5) is 0 Å². The van der Waals surface area contributed by atoms with Crippen LogP contribution in [0.3, 0.4) is 0 Å². The summed E-state index contributed by atoms with van der Waals surface area (Å²) in [7, 11) is -3.63. The Morgan fingerprint density at radius 1 is 1.33 bits per heavy atom. The van der Waals surface area contributed by atoms with Gasteiger partial charge in [0, 0.05) is 22.6 Å². The molecule has 0 aliphatic carbocycles. The van der Waals surface area contributed by atoms with Crippen molar-refractivity contribution >= 4 is 45.6 Å². The molecule has 104 valence electrons. The van der Waals surface area contributed by atoms with Gasteiger partial charge < -0.3 is 5.73 Å². The van der Waals surface area contributed by atoms with Gasteiger partial charge in [0.1, 0.15) is 0 Å². The van der Waals surface area contributed by atoms with Crippen LogP contribution in [-0.4, -0.2) is 21.0 Å². The molecule has 0 unspecified atom stereocenters. The summed E-state index contributed by atoms with van der Waals surface area (Å²) in [6.45, 7) is 3.61. The predicted molar refractivity (Wildman–Crippen MR) is 77.3 cm³/mol.